The van der Waals surface area contributed by atoms with Gasteiger partial charge in [-0.3, -0.25) is 9.69 Å². The third-order valence-corrected chi connectivity index (χ3v) is 8.76. The Morgan fingerprint density at radius 3 is 2.55 bits per heavy atom. The van der Waals surface area contributed by atoms with E-state index >= 15 is 0 Å². The molecule has 0 unspecified atom stereocenters. The molecule has 2 aromatic heterocycles. The summed E-state index contributed by atoms with van der Waals surface area (Å²) in [4.78, 5) is 18.2. The van der Waals surface area contributed by atoms with Crippen LogP contribution in [0.3, 0.4) is 0 Å². The van der Waals surface area contributed by atoms with Gasteiger partial charge in [-0.15, -0.1) is 0 Å². The molecule has 3 aromatic rings. The summed E-state index contributed by atoms with van der Waals surface area (Å²) >= 11 is 0. The first-order chi connectivity index (χ1) is 19.6. The number of carbonyl (C=O) groups is 1. The maximum atomic E-state index is 13.6. The average molecular weight is 549 g/mol. The summed E-state index contributed by atoms with van der Waals surface area (Å²) < 4.78 is 18.4. The van der Waals surface area contributed by atoms with Crippen LogP contribution in [0.25, 0.3) is 11.0 Å². The minimum atomic E-state index is 0.112. The molecule has 1 amide bonds. The molecule has 1 saturated heterocycles. The zero-order valence-corrected chi connectivity index (χ0v) is 24.7. The number of ether oxygens (including phenoxy) is 1. The highest BCUT2D eigenvalue weighted by atomic mass is 16.5. The molecule has 0 radical (unpaired) electrons. The molecule has 0 bridgehead atoms. The van der Waals surface area contributed by atoms with Crippen LogP contribution < -0.4 is 0 Å². The number of piperidine rings is 1. The smallest absolute Gasteiger partial charge is 0.258 e. The lowest BCUT2D eigenvalue weighted by Crippen LogP contribution is -2.41. The number of carbonyl (C=O) groups excluding carboxylic acids is 1. The molecule has 0 spiro atoms. The van der Waals surface area contributed by atoms with E-state index in [1.807, 2.05) is 36.1 Å². The number of hydrogen-bond donors (Lipinski definition) is 0. The zero-order chi connectivity index (χ0) is 27.7. The number of nitrogens with zero attached hydrogens (tertiary/aromatic N) is 2. The molecular formula is C34H48N2O4. The number of fused-ring (bicyclic) bond motifs is 1. The van der Waals surface area contributed by atoms with Crippen molar-refractivity contribution in [1.29, 1.82) is 0 Å². The topological polar surface area (TPSA) is 59.1 Å². The monoisotopic (exact) mass is 548 g/mol. The molecule has 5 rings (SSSR count). The largest absolute Gasteiger partial charge is 0.465 e. The molecule has 6 heteroatoms. The molecular weight excluding hydrogens is 500 g/mol. The van der Waals surface area contributed by atoms with Gasteiger partial charge in [0.25, 0.3) is 5.91 Å². The minimum Gasteiger partial charge on any atom is -0.465 e. The fourth-order valence-electron chi connectivity index (χ4n) is 6.53. The van der Waals surface area contributed by atoms with Gasteiger partial charge in [0.15, 0.2) is 0 Å². The van der Waals surface area contributed by atoms with Gasteiger partial charge in [0.2, 0.25) is 0 Å². The van der Waals surface area contributed by atoms with Gasteiger partial charge < -0.3 is 18.5 Å². The van der Waals surface area contributed by atoms with Gasteiger partial charge in [-0.2, -0.15) is 0 Å². The van der Waals surface area contributed by atoms with Crippen molar-refractivity contribution >= 4 is 16.9 Å². The number of aryl methyl sites for hydroxylation is 2. The highest BCUT2D eigenvalue weighted by Gasteiger charge is 2.29. The molecule has 1 aliphatic carbocycles. The number of likely N-dealkylation sites (tertiary alicyclic amines) is 1. The van der Waals surface area contributed by atoms with Gasteiger partial charge in [0.1, 0.15) is 22.9 Å². The quantitative estimate of drug-likeness (QED) is 0.204. The minimum absolute atomic E-state index is 0.112. The SMILES string of the molecule is CCCCc1oc2ccccc2c1C(=O)N1CCC(OCCCN(Cc2ccc(C)o2)CC2CCCCC2)CC1. The molecule has 0 N–H and O–H groups in total. The number of unbranched alkanes of at least 4 members (excludes halogenated alkanes) is 1. The summed E-state index contributed by atoms with van der Waals surface area (Å²) in [6.07, 6.45) is 12.8. The molecule has 1 aliphatic heterocycles. The Morgan fingerprint density at radius 1 is 1.00 bits per heavy atom. The summed E-state index contributed by atoms with van der Waals surface area (Å²) in [6, 6.07) is 12.1. The number of benzene rings is 1. The highest BCUT2D eigenvalue weighted by Crippen LogP contribution is 2.30. The summed E-state index contributed by atoms with van der Waals surface area (Å²) in [5, 5.41) is 0.944. The van der Waals surface area contributed by atoms with Crippen molar-refractivity contribution in [2.75, 3.05) is 32.8 Å². The Hall–Kier alpha value is -2.57. The molecule has 1 aromatic carbocycles. The fraction of sp³-hybridized carbons (Fsp3) is 0.618. The number of hydrogen-bond acceptors (Lipinski definition) is 5. The van der Waals surface area contributed by atoms with Crippen molar-refractivity contribution in [2.45, 2.75) is 97.1 Å². The molecule has 40 heavy (non-hydrogen) atoms. The van der Waals surface area contributed by atoms with Gasteiger partial charge in [-0.1, -0.05) is 50.8 Å². The van der Waals surface area contributed by atoms with Gasteiger partial charge in [-0.05, 0) is 69.6 Å². The van der Waals surface area contributed by atoms with Crippen molar-refractivity contribution in [3.05, 3.63) is 59.2 Å². The van der Waals surface area contributed by atoms with Crippen LogP contribution in [0.4, 0.5) is 0 Å². The Kier molecular flexibility index (Phi) is 10.4. The van der Waals surface area contributed by atoms with Crippen molar-refractivity contribution < 1.29 is 18.4 Å². The van der Waals surface area contributed by atoms with E-state index in [1.165, 1.54) is 32.1 Å². The zero-order valence-electron chi connectivity index (χ0n) is 24.7. The second-order valence-corrected chi connectivity index (χ2v) is 12.0. The number of amides is 1. The van der Waals surface area contributed by atoms with E-state index in [1.54, 1.807) is 0 Å². The first-order valence-electron chi connectivity index (χ1n) is 15.8. The Morgan fingerprint density at radius 2 is 1.80 bits per heavy atom. The first-order valence-corrected chi connectivity index (χ1v) is 15.8. The third kappa shape index (κ3) is 7.58. The van der Waals surface area contributed by atoms with Gasteiger partial charge >= 0.3 is 0 Å². The van der Waals surface area contributed by atoms with Crippen LogP contribution in [0.2, 0.25) is 0 Å². The highest BCUT2D eigenvalue weighted by molar-refractivity contribution is 6.07. The fourth-order valence-corrected chi connectivity index (χ4v) is 6.53. The van der Waals surface area contributed by atoms with Crippen LogP contribution in [0.1, 0.15) is 98.8 Å². The van der Waals surface area contributed by atoms with E-state index in [2.05, 4.69) is 24.0 Å². The molecule has 1 saturated carbocycles. The maximum absolute atomic E-state index is 13.6. The van der Waals surface area contributed by atoms with Gasteiger partial charge in [0, 0.05) is 44.6 Å². The Balaban J connectivity index is 1.09. The van der Waals surface area contributed by atoms with Gasteiger partial charge in [0.05, 0.1) is 18.2 Å². The van der Waals surface area contributed by atoms with Crippen molar-refractivity contribution in [2.24, 2.45) is 5.92 Å². The van der Waals surface area contributed by atoms with Crippen LogP contribution in [-0.4, -0.2) is 54.6 Å². The van der Waals surface area contributed by atoms with Crippen molar-refractivity contribution in [1.82, 2.24) is 9.80 Å². The second kappa shape index (κ2) is 14.4. The maximum Gasteiger partial charge on any atom is 0.258 e. The van der Waals surface area contributed by atoms with E-state index in [0.717, 1.165) is 118 Å². The number of furan rings is 2. The van der Waals surface area contributed by atoms with Crippen LogP contribution in [0, 0.1) is 12.8 Å². The van der Waals surface area contributed by atoms with Crippen LogP contribution in [0.15, 0.2) is 45.2 Å². The number of rotatable bonds is 13. The molecule has 0 atom stereocenters. The Bertz CT molecular complexity index is 1200. The van der Waals surface area contributed by atoms with Crippen molar-refractivity contribution in [3.8, 4) is 0 Å². The lowest BCUT2D eigenvalue weighted by molar-refractivity contribution is 0.00443. The van der Waals surface area contributed by atoms with E-state index in [-0.39, 0.29) is 12.0 Å². The van der Waals surface area contributed by atoms with E-state index < -0.39 is 0 Å². The van der Waals surface area contributed by atoms with Crippen LogP contribution in [0.5, 0.6) is 0 Å². The predicted molar refractivity (Wildman–Crippen MR) is 160 cm³/mol. The first kappa shape index (κ1) is 28.9. The molecule has 6 nitrogen and oxygen atoms in total. The summed E-state index contributed by atoms with van der Waals surface area (Å²) in [5.41, 5.74) is 1.59. The second-order valence-electron chi connectivity index (χ2n) is 12.0. The Labute approximate surface area is 240 Å². The summed E-state index contributed by atoms with van der Waals surface area (Å²) in [6.45, 7) is 9.50. The van der Waals surface area contributed by atoms with Crippen molar-refractivity contribution in [3.63, 3.8) is 0 Å². The van der Waals surface area contributed by atoms with Crippen LogP contribution >= 0.6 is 0 Å². The van der Waals surface area contributed by atoms with E-state index in [4.69, 9.17) is 13.6 Å². The molecule has 2 aliphatic rings. The van der Waals surface area contributed by atoms with E-state index in [0.29, 0.717) is 0 Å². The number of para-hydroxylation sites is 1. The average Bonchev–Trinajstić information content (AvgIpc) is 3.57. The summed E-state index contributed by atoms with van der Waals surface area (Å²) in [7, 11) is 0. The lowest BCUT2D eigenvalue weighted by atomic mass is 9.89. The standard InChI is InChI=1S/C34H48N2O4/c1-3-4-14-32-33(30-13-8-9-15-31(30)40-32)34(37)36-21-18-28(19-22-36)38-23-10-20-35(24-27-11-6-5-7-12-27)25-29-17-16-26(2)39-29/h8-9,13,15-17,27-28H,3-7,10-12,14,18-25H2,1-2H3. The molecule has 2 fully saturated rings. The predicted octanol–water partition coefficient (Wildman–Crippen LogP) is 7.77. The molecule has 218 valence electrons. The summed E-state index contributed by atoms with van der Waals surface area (Å²) in [5.74, 6) is 3.81. The van der Waals surface area contributed by atoms with E-state index in [9.17, 15) is 4.79 Å². The van der Waals surface area contributed by atoms with Crippen LogP contribution in [-0.2, 0) is 17.7 Å². The third-order valence-electron chi connectivity index (χ3n) is 8.76. The molecule has 3 heterocycles. The van der Waals surface area contributed by atoms with Gasteiger partial charge in [-0.25, -0.2) is 0 Å². The normalized spacial score (nSPS) is 17.3. The lowest BCUT2D eigenvalue weighted by Gasteiger charge is -2.32.